The van der Waals surface area contributed by atoms with Crippen LogP contribution in [-0.4, -0.2) is 69.4 Å². The average Bonchev–Trinajstić information content (AvgIpc) is 3.32. The molecule has 10 heteroatoms. The minimum absolute atomic E-state index is 0.0301. The summed E-state index contributed by atoms with van der Waals surface area (Å²) in [5.41, 5.74) is 0. The molecule has 1 N–H and O–H groups in total. The summed E-state index contributed by atoms with van der Waals surface area (Å²) in [4.78, 5) is 39.8. The number of phosphoric ester groups is 1. The molecule has 0 aliphatic carbocycles. The van der Waals surface area contributed by atoms with Gasteiger partial charge < -0.3 is 28.5 Å². The van der Waals surface area contributed by atoms with Gasteiger partial charge in [0.1, 0.15) is 19.3 Å². The number of phosphoric acid groups is 1. The Morgan fingerprint density at radius 2 is 0.886 bits per heavy atom. The topological polar surface area (TPSA) is 114 Å². The zero-order valence-electron chi connectivity index (χ0n) is 46.2. The Morgan fingerprint density at radius 1 is 0.500 bits per heavy atom. The number of ether oxygens (including phenoxy) is 1. The lowest BCUT2D eigenvalue weighted by molar-refractivity contribution is -0.870. The molecule has 0 bridgehead atoms. The molecule has 406 valence electrons. The quantitative estimate of drug-likeness (QED) is 0.0212. The lowest BCUT2D eigenvalue weighted by atomic mass is 10.0. The summed E-state index contributed by atoms with van der Waals surface area (Å²) in [7, 11) is 1.16. The van der Waals surface area contributed by atoms with Crippen LogP contribution in [0.2, 0.25) is 0 Å². The number of allylic oxidation sites excluding steroid dienone is 11. The normalized spacial score (nSPS) is 14.3. The molecule has 0 saturated heterocycles. The molecule has 0 aromatic carbocycles. The molecule has 0 fully saturated rings. The van der Waals surface area contributed by atoms with Gasteiger partial charge in [0.2, 0.25) is 5.91 Å². The molecule has 0 aliphatic rings. The van der Waals surface area contributed by atoms with Gasteiger partial charge in [0.25, 0.3) is 7.82 Å². The molecule has 3 unspecified atom stereocenters. The van der Waals surface area contributed by atoms with E-state index < -0.39 is 26.6 Å². The second-order valence-electron chi connectivity index (χ2n) is 20.4. The third-order valence-electron chi connectivity index (χ3n) is 12.4. The molecule has 9 nitrogen and oxygen atoms in total. The van der Waals surface area contributed by atoms with Crippen molar-refractivity contribution in [2.24, 2.45) is 0 Å². The average molecular weight is 1000 g/mol. The molecule has 0 radical (unpaired) electrons. The first-order valence-electron chi connectivity index (χ1n) is 28.7. The molecule has 0 aromatic rings. The van der Waals surface area contributed by atoms with Crippen molar-refractivity contribution in [1.82, 2.24) is 5.32 Å². The summed E-state index contributed by atoms with van der Waals surface area (Å²) >= 11 is 0. The Morgan fingerprint density at radius 3 is 1.39 bits per heavy atom. The predicted molar refractivity (Wildman–Crippen MR) is 298 cm³/mol. The highest BCUT2D eigenvalue weighted by molar-refractivity contribution is 7.45. The van der Waals surface area contributed by atoms with Gasteiger partial charge in [-0.3, -0.25) is 14.2 Å². The van der Waals surface area contributed by atoms with E-state index in [1.807, 2.05) is 33.3 Å². The number of hydrogen-bond acceptors (Lipinski definition) is 7. The maximum atomic E-state index is 13.5. The second kappa shape index (κ2) is 50.0. The van der Waals surface area contributed by atoms with Crippen molar-refractivity contribution in [2.45, 2.75) is 258 Å². The SMILES string of the molecule is CCCC/C=C\CCCCCCCC(=O)OC(/C=C\CCCCCCCCCCCC)C(COP(=O)([O-])OCC[N+](C)(C)C)NC(=O)CCCCCCC/C=C\C/C=C\C/C=C\C/C=C\CCCCC. The van der Waals surface area contributed by atoms with E-state index in [0.29, 0.717) is 30.3 Å². The van der Waals surface area contributed by atoms with Gasteiger partial charge >= 0.3 is 5.97 Å². The van der Waals surface area contributed by atoms with Gasteiger partial charge in [-0.1, -0.05) is 210 Å². The van der Waals surface area contributed by atoms with Crippen LogP contribution in [-0.2, 0) is 27.9 Å². The third-order valence-corrected chi connectivity index (χ3v) is 13.3. The summed E-state index contributed by atoms with van der Waals surface area (Å²) in [5, 5.41) is 3.01. The van der Waals surface area contributed by atoms with Crippen molar-refractivity contribution in [3.05, 3.63) is 72.9 Å². The van der Waals surface area contributed by atoms with Gasteiger partial charge in [-0.15, -0.1) is 0 Å². The Kier molecular flexibility index (Phi) is 48.2. The number of amides is 1. The molecule has 0 spiro atoms. The standard InChI is InChI=1S/C60H109N2O7P/c1-7-10-13-16-19-22-25-27-28-29-30-31-32-33-34-35-38-40-43-46-49-52-59(63)61-57(56-68-70(65,66)67-55-54-62(4,5)6)58(51-48-45-42-39-37-26-23-20-17-14-11-8-2)69-60(64)53-50-47-44-41-36-24-21-18-15-12-9-3/h18-19,21-22,27-28,30-31,33-34,48,51,57-58H,7-17,20,23-26,29,32,35-47,49-50,52-56H2,1-6H3,(H-,61,63,65,66)/b21-18-,22-19-,28-27-,31-30-,34-33-,51-48-. The number of carbonyl (C=O) groups is 2. The van der Waals surface area contributed by atoms with E-state index >= 15 is 0 Å². The Hall–Kier alpha value is -2.55. The van der Waals surface area contributed by atoms with Crippen LogP contribution in [0.1, 0.15) is 245 Å². The van der Waals surface area contributed by atoms with E-state index in [0.717, 1.165) is 109 Å². The summed E-state index contributed by atoms with van der Waals surface area (Å²) in [6.07, 6.45) is 62.9. The Labute approximate surface area is 432 Å². The van der Waals surface area contributed by atoms with Crippen LogP contribution in [0.25, 0.3) is 0 Å². The van der Waals surface area contributed by atoms with E-state index in [4.69, 9.17) is 13.8 Å². The molecule has 0 aliphatic heterocycles. The fourth-order valence-electron chi connectivity index (χ4n) is 7.84. The van der Waals surface area contributed by atoms with E-state index in [-0.39, 0.29) is 24.9 Å². The van der Waals surface area contributed by atoms with Crippen molar-refractivity contribution < 1.29 is 37.3 Å². The van der Waals surface area contributed by atoms with Crippen molar-refractivity contribution in [3.63, 3.8) is 0 Å². The van der Waals surface area contributed by atoms with Crippen LogP contribution in [0, 0.1) is 0 Å². The number of rotatable bonds is 51. The van der Waals surface area contributed by atoms with E-state index in [1.54, 1.807) is 0 Å². The first-order chi connectivity index (χ1) is 33.9. The fourth-order valence-corrected chi connectivity index (χ4v) is 8.56. The van der Waals surface area contributed by atoms with Gasteiger partial charge in [-0.05, 0) is 96.0 Å². The van der Waals surface area contributed by atoms with E-state index in [1.165, 1.54) is 89.9 Å². The number of hydrogen-bond donors (Lipinski definition) is 1. The van der Waals surface area contributed by atoms with Gasteiger partial charge in [0.05, 0.1) is 33.8 Å². The van der Waals surface area contributed by atoms with Crippen molar-refractivity contribution >= 4 is 19.7 Å². The lowest BCUT2D eigenvalue weighted by Gasteiger charge is -2.30. The minimum Gasteiger partial charge on any atom is -0.756 e. The molecule has 3 atom stereocenters. The van der Waals surface area contributed by atoms with Crippen molar-refractivity contribution in [3.8, 4) is 0 Å². The van der Waals surface area contributed by atoms with Gasteiger partial charge in [-0.2, -0.15) is 0 Å². The number of likely N-dealkylation sites (N-methyl/N-ethyl adjacent to an activating group) is 1. The first-order valence-corrected chi connectivity index (χ1v) is 30.2. The van der Waals surface area contributed by atoms with Crippen LogP contribution < -0.4 is 10.2 Å². The minimum atomic E-state index is -4.70. The van der Waals surface area contributed by atoms with Gasteiger partial charge in [-0.25, -0.2) is 0 Å². The third kappa shape index (κ3) is 50.4. The lowest BCUT2D eigenvalue weighted by Crippen LogP contribution is -2.47. The maximum Gasteiger partial charge on any atom is 0.306 e. The smallest absolute Gasteiger partial charge is 0.306 e. The molecule has 0 aromatic heterocycles. The summed E-state index contributed by atoms with van der Waals surface area (Å²) < 4.78 is 30.2. The van der Waals surface area contributed by atoms with Crippen LogP contribution in [0.5, 0.6) is 0 Å². The molecule has 0 saturated carbocycles. The molecule has 1 amide bonds. The first kappa shape index (κ1) is 67.5. The molecule has 0 heterocycles. The Bertz CT molecular complexity index is 1430. The zero-order chi connectivity index (χ0) is 51.5. The largest absolute Gasteiger partial charge is 0.756 e. The van der Waals surface area contributed by atoms with Crippen molar-refractivity contribution in [2.75, 3.05) is 40.9 Å². The summed E-state index contributed by atoms with van der Waals surface area (Å²) in [6, 6.07) is -0.902. The number of unbranched alkanes of at least 4 members (excludes halogenated alkanes) is 25. The van der Waals surface area contributed by atoms with Gasteiger partial charge in [0, 0.05) is 12.8 Å². The number of nitrogens with one attached hydrogen (secondary N) is 1. The van der Waals surface area contributed by atoms with Gasteiger partial charge in [0.15, 0.2) is 0 Å². The number of quaternary nitrogens is 1. The molecule has 70 heavy (non-hydrogen) atoms. The monoisotopic (exact) mass is 1000 g/mol. The highest BCUT2D eigenvalue weighted by atomic mass is 31.2. The van der Waals surface area contributed by atoms with Crippen molar-refractivity contribution in [1.29, 1.82) is 0 Å². The summed E-state index contributed by atoms with van der Waals surface area (Å²) in [6.45, 7) is 6.74. The fraction of sp³-hybridized carbons (Fsp3) is 0.767. The highest BCUT2D eigenvalue weighted by Gasteiger charge is 2.27. The Balaban J connectivity index is 5.32. The van der Waals surface area contributed by atoms with Crippen LogP contribution >= 0.6 is 7.82 Å². The highest BCUT2D eigenvalue weighted by Crippen LogP contribution is 2.38. The number of esters is 1. The van der Waals surface area contributed by atoms with Crippen LogP contribution in [0.4, 0.5) is 0 Å². The van der Waals surface area contributed by atoms with E-state index in [9.17, 15) is 19.0 Å². The number of carbonyl (C=O) groups excluding carboxylic acids is 2. The summed E-state index contributed by atoms with van der Waals surface area (Å²) in [5.74, 6) is -0.576. The molecule has 0 rings (SSSR count). The van der Waals surface area contributed by atoms with Crippen LogP contribution in [0.15, 0.2) is 72.9 Å². The maximum absolute atomic E-state index is 13.5. The predicted octanol–water partition coefficient (Wildman–Crippen LogP) is 16.6. The number of nitrogens with zero attached hydrogens (tertiary/aromatic N) is 1. The zero-order valence-corrected chi connectivity index (χ0v) is 47.1. The molecular weight excluding hydrogens is 892 g/mol. The van der Waals surface area contributed by atoms with E-state index in [2.05, 4.69) is 86.8 Å². The van der Waals surface area contributed by atoms with Crippen LogP contribution in [0.3, 0.4) is 0 Å². The molecular formula is C60H109N2O7P. The second-order valence-corrected chi connectivity index (χ2v) is 21.8.